The lowest BCUT2D eigenvalue weighted by Crippen LogP contribution is -2.18. The average Bonchev–Trinajstić information content (AvgIpc) is 3.37. The Bertz CT molecular complexity index is 915. The van der Waals surface area contributed by atoms with Gasteiger partial charge in [0.15, 0.2) is 10.1 Å². The van der Waals surface area contributed by atoms with Crippen molar-refractivity contribution < 1.29 is 9.53 Å². The predicted molar refractivity (Wildman–Crippen MR) is 105 cm³/mol. The van der Waals surface area contributed by atoms with Crippen LogP contribution in [0.4, 0.5) is 5.13 Å². The van der Waals surface area contributed by atoms with Gasteiger partial charge in [-0.1, -0.05) is 41.3 Å². The van der Waals surface area contributed by atoms with Crippen molar-refractivity contribution >= 4 is 44.9 Å². The number of carbonyl (C=O) groups excluding carboxylic acids is 1. The molecule has 0 radical (unpaired) electrons. The number of nitrogens with zero attached hydrogens (tertiary/aromatic N) is 2. The normalized spacial score (nSPS) is 17.0. The smallest absolute Gasteiger partial charge is 0.206 e. The van der Waals surface area contributed by atoms with E-state index in [1.807, 2.05) is 31.2 Å². The van der Waals surface area contributed by atoms with Crippen molar-refractivity contribution in [3.63, 3.8) is 0 Å². The lowest BCUT2D eigenvalue weighted by Gasteiger charge is -2.08. The minimum atomic E-state index is 0.106. The fourth-order valence-corrected chi connectivity index (χ4v) is 4.81. The molecule has 1 aliphatic heterocycles. The highest BCUT2D eigenvalue weighted by molar-refractivity contribution is 8.01. The van der Waals surface area contributed by atoms with Crippen LogP contribution in [0.15, 0.2) is 28.6 Å². The molecule has 1 fully saturated rings. The summed E-state index contributed by atoms with van der Waals surface area (Å²) >= 11 is 2.91. The number of aryl methyl sites for hydroxylation is 1. The predicted octanol–water partition coefficient (Wildman–Crippen LogP) is 3.89. The number of aromatic nitrogens is 3. The number of nitrogens with one attached hydrogen (secondary N) is 2. The first kappa shape index (κ1) is 17.5. The van der Waals surface area contributed by atoms with E-state index in [1.165, 1.54) is 23.1 Å². The van der Waals surface area contributed by atoms with Crippen LogP contribution in [0.2, 0.25) is 0 Å². The zero-order valence-corrected chi connectivity index (χ0v) is 16.1. The maximum atomic E-state index is 12.7. The molecule has 2 N–H and O–H groups in total. The molecule has 8 heteroatoms. The molecule has 0 bridgehead atoms. The van der Waals surface area contributed by atoms with Gasteiger partial charge < -0.3 is 15.0 Å². The Morgan fingerprint density at radius 3 is 3.15 bits per heavy atom. The van der Waals surface area contributed by atoms with Gasteiger partial charge in [-0.05, 0) is 25.8 Å². The minimum absolute atomic E-state index is 0.106. The highest BCUT2D eigenvalue weighted by atomic mass is 32.2. The molecule has 0 amide bonds. The van der Waals surface area contributed by atoms with E-state index in [9.17, 15) is 4.79 Å². The number of hydrogen-bond donors (Lipinski definition) is 2. The van der Waals surface area contributed by atoms with Crippen molar-refractivity contribution in [1.29, 1.82) is 0 Å². The summed E-state index contributed by atoms with van der Waals surface area (Å²) in [6, 6.07) is 7.89. The summed E-state index contributed by atoms with van der Waals surface area (Å²) in [7, 11) is 0. The molecule has 26 heavy (non-hydrogen) atoms. The summed E-state index contributed by atoms with van der Waals surface area (Å²) in [5.74, 6) is 0.456. The molecular weight excluding hydrogens is 368 g/mol. The number of ether oxygens (including phenoxy) is 1. The second-order valence-corrected chi connectivity index (χ2v) is 8.47. The van der Waals surface area contributed by atoms with Crippen molar-refractivity contribution in [2.75, 3.05) is 24.2 Å². The van der Waals surface area contributed by atoms with Crippen LogP contribution in [-0.4, -0.2) is 46.0 Å². The third kappa shape index (κ3) is 3.77. The first-order valence-electron chi connectivity index (χ1n) is 8.63. The first-order valence-corrected chi connectivity index (χ1v) is 10.4. The average molecular weight is 389 g/mol. The van der Waals surface area contributed by atoms with E-state index >= 15 is 0 Å². The zero-order chi connectivity index (χ0) is 17.9. The van der Waals surface area contributed by atoms with Crippen LogP contribution in [0.5, 0.6) is 0 Å². The maximum absolute atomic E-state index is 12.7. The number of benzene rings is 1. The number of Topliss-reactive ketones (excluding diaryl/α,β-unsaturated/α-hetero) is 1. The topological polar surface area (TPSA) is 79.9 Å². The summed E-state index contributed by atoms with van der Waals surface area (Å²) in [6.45, 7) is 3.54. The number of carbonyl (C=O) groups is 1. The highest BCUT2D eigenvalue weighted by Gasteiger charge is 2.18. The SMILES string of the molecule is Cc1[nH]c2ccccc2c1C(=O)CSc1nnc(NC[C@@H]2CCCO2)s1. The third-order valence-electron chi connectivity index (χ3n) is 4.41. The van der Waals surface area contributed by atoms with Crippen LogP contribution in [0, 0.1) is 6.92 Å². The number of H-pyrrole nitrogens is 1. The van der Waals surface area contributed by atoms with Crippen molar-refractivity contribution in [1.82, 2.24) is 15.2 Å². The minimum Gasteiger partial charge on any atom is -0.376 e. The summed E-state index contributed by atoms with van der Waals surface area (Å²) in [5.41, 5.74) is 2.68. The summed E-state index contributed by atoms with van der Waals surface area (Å²) in [4.78, 5) is 16.0. The number of anilines is 1. The first-order chi connectivity index (χ1) is 12.7. The van der Waals surface area contributed by atoms with Crippen molar-refractivity contribution in [3.8, 4) is 0 Å². The van der Waals surface area contributed by atoms with Gasteiger partial charge in [-0.2, -0.15) is 0 Å². The number of hydrogen-bond acceptors (Lipinski definition) is 7. The van der Waals surface area contributed by atoms with E-state index in [0.717, 1.165) is 57.6 Å². The van der Waals surface area contributed by atoms with E-state index in [-0.39, 0.29) is 11.9 Å². The fourth-order valence-electron chi connectivity index (χ4n) is 3.18. The molecule has 0 unspecified atom stereocenters. The van der Waals surface area contributed by atoms with Gasteiger partial charge in [0.25, 0.3) is 0 Å². The zero-order valence-electron chi connectivity index (χ0n) is 14.4. The Morgan fingerprint density at radius 2 is 2.31 bits per heavy atom. The lowest BCUT2D eigenvalue weighted by molar-refractivity contribution is 0.102. The fraction of sp³-hybridized carbons (Fsp3) is 0.389. The van der Waals surface area contributed by atoms with Gasteiger partial charge in [0.1, 0.15) is 0 Å². The molecule has 2 aromatic heterocycles. The van der Waals surface area contributed by atoms with E-state index in [1.54, 1.807) is 0 Å². The third-order valence-corrected chi connectivity index (χ3v) is 6.42. The number of rotatable bonds is 7. The Labute approximate surface area is 159 Å². The monoisotopic (exact) mass is 388 g/mol. The molecule has 0 spiro atoms. The van der Waals surface area contributed by atoms with Gasteiger partial charge in [-0.15, -0.1) is 10.2 Å². The molecule has 1 aromatic carbocycles. The number of fused-ring (bicyclic) bond motifs is 1. The van der Waals surface area contributed by atoms with Crippen LogP contribution in [0.1, 0.15) is 28.9 Å². The molecule has 4 rings (SSSR count). The largest absolute Gasteiger partial charge is 0.376 e. The van der Waals surface area contributed by atoms with Crippen LogP contribution in [0.3, 0.4) is 0 Å². The molecule has 0 aliphatic carbocycles. The summed E-state index contributed by atoms with van der Waals surface area (Å²) < 4.78 is 6.39. The van der Waals surface area contributed by atoms with Crippen molar-refractivity contribution in [2.24, 2.45) is 0 Å². The molecule has 3 heterocycles. The van der Waals surface area contributed by atoms with Crippen molar-refractivity contribution in [3.05, 3.63) is 35.5 Å². The molecule has 0 saturated carbocycles. The second kappa shape index (κ2) is 7.77. The standard InChI is InChI=1S/C18H20N4O2S2/c1-11-16(13-6-2-3-7-14(13)20-11)15(23)10-25-18-22-21-17(26-18)19-9-12-5-4-8-24-12/h2-3,6-7,12,20H,4-5,8-10H2,1H3,(H,19,21)/t12-/m0/s1. The van der Waals surface area contributed by atoms with Gasteiger partial charge >= 0.3 is 0 Å². The van der Waals surface area contributed by atoms with E-state index in [0.29, 0.717) is 5.75 Å². The molecule has 3 aromatic rings. The van der Waals surface area contributed by atoms with E-state index in [4.69, 9.17) is 4.74 Å². The molecule has 1 saturated heterocycles. The number of thioether (sulfide) groups is 1. The van der Waals surface area contributed by atoms with Crippen LogP contribution in [-0.2, 0) is 4.74 Å². The number of ketones is 1. The summed E-state index contributed by atoms with van der Waals surface area (Å²) in [6.07, 6.45) is 2.48. The van der Waals surface area contributed by atoms with E-state index < -0.39 is 0 Å². The Balaban J connectivity index is 1.36. The Hall–Kier alpha value is -1.90. The van der Waals surface area contributed by atoms with Gasteiger partial charge in [0.05, 0.1) is 11.9 Å². The second-order valence-electron chi connectivity index (χ2n) is 6.27. The highest BCUT2D eigenvalue weighted by Crippen LogP contribution is 2.28. The lowest BCUT2D eigenvalue weighted by atomic mass is 10.1. The number of para-hydroxylation sites is 1. The van der Waals surface area contributed by atoms with Gasteiger partial charge in [0.2, 0.25) is 5.13 Å². The Morgan fingerprint density at radius 1 is 1.42 bits per heavy atom. The Kier molecular flexibility index (Phi) is 5.23. The van der Waals surface area contributed by atoms with Gasteiger partial charge in [-0.25, -0.2) is 0 Å². The van der Waals surface area contributed by atoms with Crippen LogP contribution >= 0.6 is 23.1 Å². The van der Waals surface area contributed by atoms with Crippen LogP contribution in [0.25, 0.3) is 10.9 Å². The van der Waals surface area contributed by atoms with Gasteiger partial charge in [0, 0.05) is 35.3 Å². The quantitative estimate of drug-likeness (QED) is 0.472. The maximum Gasteiger partial charge on any atom is 0.206 e. The molecular formula is C18H20N4O2S2. The van der Waals surface area contributed by atoms with Gasteiger partial charge in [-0.3, -0.25) is 4.79 Å². The summed E-state index contributed by atoms with van der Waals surface area (Å²) in [5, 5.41) is 13.3. The number of aromatic amines is 1. The van der Waals surface area contributed by atoms with Crippen LogP contribution < -0.4 is 5.32 Å². The molecule has 1 atom stereocenters. The molecule has 136 valence electrons. The molecule has 1 aliphatic rings. The molecule has 6 nitrogen and oxygen atoms in total. The van der Waals surface area contributed by atoms with E-state index in [2.05, 4.69) is 20.5 Å². The van der Waals surface area contributed by atoms with Crippen molar-refractivity contribution in [2.45, 2.75) is 30.2 Å².